The van der Waals surface area contributed by atoms with Crippen LogP contribution >= 0.6 is 0 Å². The number of piperidine rings is 1. The Balaban J connectivity index is 1.72. The molecule has 1 amide bonds. The van der Waals surface area contributed by atoms with E-state index in [1.54, 1.807) is 7.11 Å². The molecule has 176 valence electrons. The van der Waals surface area contributed by atoms with E-state index in [1.807, 2.05) is 60.5 Å². The molecule has 4 atom stereocenters. The number of nitrogens with zero attached hydrogens (tertiary/aromatic N) is 2. The number of amides is 1. The summed E-state index contributed by atoms with van der Waals surface area (Å²) in [6.07, 6.45) is 2.64. The van der Waals surface area contributed by atoms with Gasteiger partial charge in [-0.05, 0) is 62.7 Å². The minimum absolute atomic E-state index is 0.0231. The van der Waals surface area contributed by atoms with Crippen LogP contribution in [0.4, 0.5) is 0 Å². The zero-order valence-electron chi connectivity index (χ0n) is 20.0. The molecule has 0 N–H and O–H groups in total. The van der Waals surface area contributed by atoms with Gasteiger partial charge in [0.25, 0.3) is 5.91 Å². The first kappa shape index (κ1) is 23.5. The van der Waals surface area contributed by atoms with Crippen molar-refractivity contribution in [2.75, 3.05) is 34.3 Å². The summed E-state index contributed by atoms with van der Waals surface area (Å²) < 4.78 is 11.5. The van der Waals surface area contributed by atoms with Crippen LogP contribution < -0.4 is 4.74 Å². The third kappa shape index (κ3) is 4.68. The highest BCUT2D eigenvalue weighted by molar-refractivity contribution is 5.94. The predicted octanol–water partition coefficient (Wildman–Crippen LogP) is 3.75. The minimum atomic E-state index is -0.325. The number of ether oxygens (including phenoxy) is 2. The largest absolute Gasteiger partial charge is 0.427 e. The van der Waals surface area contributed by atoms with Gasteiger partial charge in [-0.3, -0.25) is 9.59 Å². The van der Waals surface area contributed by atoms with Crippen molar-refractivity contribution >= 4 is 11.9 Å². The SMILES string of the molecule is COC1C[C@@H](N(C)C(=O)c2ccccc2)C[C@]2(c3cccc(OC(C)=O)c3)CCN(C)C[C@@H]12. The number of hydrogen-bond acceptors (Lipinski definition) is 5. The van der Waals surface area contributed by atoms with Crippen LogP contribution in [-0.2, 0) is 14.9 Å². The van der Waals surface area contributed by atoms with Crippen LogP contribution in [0.15, 0.2) is 54.6 Å². The van der Waals surface area contributed by atoms with Crippen LogP contribution in [0.3, 0.4) is 0 Å². The lowest BCUT2D eigenvalue weighted by molar-refractivity contribution is -0.131. The Hall–Kier alpha value is -2.70. The predicted molar refractivity (Wildman–Crippen MR) is 127 cm³/mol. The van der Waals surface area contributed by atoms with Gasteiger partial charge in [-0.1, -0.05) is 30.3 Å². The molecule has 2 fully saturated rings. The van der Waals surface area contributed by atoms with E-state index in [0.29, 0.717) is 11.3 Å². The Morgan fingerprint density at radius 3 is 2.58 bits per heavy atom. The van der Waals surface area contributed by atoms with Crippen molar-refractivity contribution in [1.29, 1.82) is 0 Å². The van der Waals surface area contributed by atoms with Crippen molar-refractivity contribution in [1.82, 2.24) is 9.80 Å². The third-order valence-electron chi connectivity index (χ3n) is 7.57. The molecule has 6 heteroatoms. The van der Waals surface area contributed by atoms with Crippen LogP contribution in [0.1, 0.15) is 42.1 Å². The highest BCUT2D eigenvalue weighted by Gasteiger charge is 2.53. The lowest BCUT2D eigenvalue weighted by Crippen LogP contribution is -2.61. The second-order valence-electron chi connectivity index (χ2n) is 9.55. The van der Waals surface area contributed by atoms with Gasteiger partial charge in [-0.2, -0.15) is 0 Å². The maximum Gasteiger partial charge on any atom is 0.308 e. The molecule has 0 bridgehead atoms. The van der Waals surface area contributed by atoms with Gasteiger partial charge in [0.1, 0.15) is 5.75 Å². The zero-order chi connectivity index (χ0) is 23.6. The first-order valence-corrected chi connectivity index (χ1v) is 11.7. The van der Waals surface area contributed by atoms with Crippen molar-refractivity contribution in [3.8, 4) is 5.75 Å². The highest BCUT2D eigenvalue weighted by atomic mass is 16.5. The Morgan fingerprint density at radius 1 is 1.12 bits per heavy atom. The van der Waals surface area contributed by atoms with Gasteiger partial charge in [-0.15, -0.1) is 0 Å². The van der Waals surface area contributed by atoms with Gasteiger partial charge in [0.05, 0.1) is 6.10 Å². The number of rotatable bonds is 5. The molecule has 6 nitrogen and oxygen atoms in total. The van der Waals surface area contributed by atoms with Crippen molar-refractivity contribution in [2.24, 2.45) is 5.92 Å². The summed E-state index contributed by atoms with van der Waals surface area (Å²) >= 11 is 0. The topological polar surface area (TPSA) is 59.1 Å². The average Bonchev–Trinajstić information content (AvgIpc) is 2.82. The van der Waals surface area contributed by atoms with Crippen molar-refractivity contribution in [3.63, 3.8) is 0 Å². The first-order chi connectivity index (χ1) is 15.8. The molecule has 1 aliphatic heterocycles. The normalized spacial score (nSPS) is 27.5. The van der Waals surface area contributed by atoms with Crippen molar-refractivity contribution in [3.05, 3.63) is 65.7 Å². The molecule has 2 aromatic carbocycles. The highest BCUT2D eigenvalue weighted by Crippen LogP contribution is 2.51. The summed E-state index contributed by atoms with van der Waals surface area (Å²) in [6.45, 7) is 3.32. The van der Waals surface area contributed by atoms with Crippen molar-refractivity contribution < 1.29 is 19.1 Å². The van der Waals surface area contributed by atoms with Crippen LogP contribution in [0.25, 0.3) is 0 Å². The molecule has 0 radical (unpaired) electrons. The van der Waals surface area contributed by atoms with E-state index in [2.05, 4.69) is 18.0 Å². The number of carbonyl (C=O) groups excluding carboxylic acids is 2. The standard InChI is InChI=1S/C27H34N2O4/c1-19(30)33-23-12-8-11-21(15-23)27-13-14-28(2)18-24(27)25(32-4)16-22(17-27)29(3)26(31)20-9-6-5-7-10-20/h5-12,15,22,24-25H,13-14,16-18H2,1-4H3/t22-,24+,25?,27+/m1/s1. The van der Waals surface area contributed by atoms with Crippen LogP contribution in [0.5, 0.6) is 5.75 Å². The number of hydrogen-bond donors (Lipinski definition) is 0. The van der Waals surface area contributed by atoms with Gasteiger partial charge in [0, 0.05) is 50.6 Å². The fraction of sp³-hybridized carbons (Fsp3) is 0.481. The minimum Gasteiger partial charge on any atom is -0.427 e. The van der Waals surface area contributed by atoms with Gasteiger partial charge in [0.15, 0.2) is 0 Å². The zero-order valence-corrected chi connectivity index (χ0v) is 20.0. The molecular weight excluding hydrogens is 416 g/mol. The molecule has 1 heterocycles. The molecule has 2 aromatic rings. The quantitative estimate of drug-likeness (QED) is 0.513. The molecule has 1 saturated carbocycles. The summed E-state index contributed by atoms with van der Waals surface area (Å²) in [5, 5.41) is 0. The lowest BCUT2D eigenvalue weighted by Gasteiger charge is -2.56. The Kier molecular flexibility index (Phi) is 6.86. The second kappa shape index (κ2) is 9.65. The third-order valence-corrected chi connectivity index (χ3v) is 7.57. The molecule has 33 heavy (non-hydrogen) atoms. The van der Waals surface area contributed by atoms with E-state index in [-0.39, 0.29) is 35.4 Å². The molecule has 1 unspecified atom stereocenters. The van der Waals surface area contributed by atoms with Crippen LogP contribution in [-0.4, -0.2) is 68.1 Å². The number of methoxy groups -OCH3 is 1. The second-order valence-corrected chi connectivity index (χ2v) is 9.55. The molecule has 0 spiro atoms. The maximum atomic E-state index is 13.3. The van der Waals surface area contributed by atoms with E-state index >= 15 is 0 Å². The fourth-order valence-corrected chi connectivity index (χ4v) is 5.86. The molecule has 1 aliphatic carbocycles. The van der Waals surface area contributed by atoms with E-state index in [1.165, 1.54) is 6.92 Å². The Bertz CT molecular complexity index is 995. The number of benzene rings is 2. The lowest BCUT2D eigenvalue weighted by atomic mass is 9.56. The van der Waals surface area contributed by atoms with E-state index < -0.39 is 0 Å². The first-order valence-electron chi connectivity index (χ1n) is 11.7. The van der Waals surface area contributed by atoms with Crippen LogP contribution in [0, 0.1) is 5.92 Å². The van der Waals surface area contributed by atoms with Crippen LogP contribution in [0.2, 0.25) is 0 Å². The number of likely N-dealkylation sites (tertiary alicyclic amines) is 1. The molecular formula is C27H34N2O4. The summed E-state index contributed by atoms with van der Waals surface area (Å²) in [5.41, 5.74) is 1.69. The monoisotopic (exact) mass is 450 g/mol. The summed E-state index contributed by atoms with van der Waals surface area (Å²) in [4.78, 5) is 29.1. The fourth-order valence-electron chi connectivity index (χ4n) is 5.86. The number of carbonyl (C=O) groups is 2. The van der Waals surface area contributed by atoms with E-state index in [4.69, 9.17) is 9.47 Å². The van der Waals surface area contributed by atoms with Gasteiger partial charge in [-0.25, -0.2) is 0 Å². The van der Waals surface area contributed by atoms with Crippen molar-refractivity contribution in [2.45, 2.75) is 43.7 Å². The molecule has 2 aliphatic rings. The molecule has 0 aromatic heterocycles. The van der Waals surface area contributed by atoms with Gasteiger partial charge < -0.3 is 19.3 Å². The number of esters is 1. The average molecular weight is 451 g/mol. The van der Waals surface area contributed by atoms with Gasteiger partial charge >= 0.3 is 5.97 Å². The summed E-state index contributed by atoms with van der Waals surface area (Å²) in [5.74, 6) is 0.557. The maximum absolute atomic E-state index is 13.3. The Labute approximate surface area is 196 Å². The van der Waals surface area contributed by atoms with E-state index in [9.17, 15) is 9.59 Å². The van der Waals surface area contributed by atoms with Gasteiger partial charge in [0.2, 0.25) is 0 Å². The summed E-state index contributed by atoms with van der Waals surface area (Å²) in [6, 6.07) is 17.4. The summed E-state index contributed by atoms with van der Waals surface area (Å²) in [7, 11) is 5.84. The number of fused-ring (bicyclic) bond motifs is 1. The van der Waals surface area contributed by atoms with E-state index in [0.717, 1.165) is 37.9 Å². The smallest absolute Gasteiger partial charge is 0.308 e. The molecule has 1 saturated heterocycles. The molecule has 4 rings (SSSR count). The Morgan fingerprint density at radius 2 is 1.88 bits per heavy atom.